The summed E-state index contributed by atoms with van der Waals surface area (Å²) >= 11 is 0. The number of aliphatic hydroxyl groups is 4. The van der Waals surface area contributed by atoms with Gasteiger partial charge in [0.25, 0.3) is 0 Å². The van der Waals surface area contributed by atoms with Crippen molar-refractivity contribution >= 4 is 11.7 Å². The van der Waals surface area contributed by atoms with Gasteiger partial charge < -0.3 is 58.4 Å². The average Bonchev–Trinajstić information content (AvgIpc) is 3.19. The van der Waals surface area contributed by atoms with Gasteiger partial charge in [0.2, 0.25) is 5.79 Å². The third-order valence-electron chi connectivity index (χ3n) is 14.2. The van der Waals surface area contributed by atoms with E-state index in [1.54, 1.807) is 33.8 Å². The van der Waals surface area contributed by atoms with Crippen LogP contribution in [0.1, 0.15) is 155 Å². The van der Waals surface area contributed by atoms with Crippen LogP contribution in [-0.2, 0) is 42.8 Å². The van der Waals surface area contributed by atoms with Crippen LogP contribution in [-0.4, -0.2) is 123 Å². The number of carbonyl (C=O) groups excluding carboxylic acids is 1. The molecular weight excluding hydrogens is 799 g/mol. The first kappa shape index (κ1) is 52.9. The molecule has 14 heteroatoms. The minimum atomic E-state index is -1.93. The fourth-order valence-electron chi connectivity index (χ4n) is 10.6. The molecule has 62 heavy (non-hydrogen) atoms. The number of hydrogen-bond donors (Lipinski definition) is 4. The van der Waals surface area contributed by atoms with Crippen molar-refractivity contribution in [1.82, 2.24) is 0 Å². The summed E-state index contributed by atoms with van der Waals surface area (Å²) in [5.74, 6) is -4.70. The molecule has 0 amide bonds. The van der Waals surface area contributed by atoms with E-state index >= 15 is 0 Å². The average molecular weight is 884 g/mol. The van der Waals surface area contributed by atoms with Crippen LogP contribution in [0.5, 0.6) is 0 Å². The standard InChI is InChI=1S/C48H85NO13/c1-16-23-55-46(14)25-29(6)37(49-62-48(61-27(3)4)21-19-18-20-22-48)31(8)40(51)47(15,54)35(17-2)58-43(53)33(10)39(59-36-26-45(12,13)41(52)34(11)57-36)32(9)42(46)60-44-38(50)28(5)24-30(7)56-44/h16,27-36,38-42,44,50-52,54H,1,17-26H2,2-15H3/b49-37+/t28-,29+,30+,31-,32-,33+,34-,35+,36?,38+,39-,40+,41-,42+,44-,46-,47+/m0/s1. The van der Waals surface area contributed by atoms with Crippen LogP contribution in [0.25, 0.3) is 0 Å². The highest BCUT2D eigenvalue weighted by molar-refractivity contribution is 5.88. The highest BCUT2D eigenvalue weighted by Gasteiger charge is 2.53. The molecule has 4 rings (SSSR count). The molecule has 0 aromatic carbocycles. The van der Waals surface area contributed by atoms with E-state index in [4.69, 9.17) is 43.2 Å². The summed E-state index contributed by atoms with van der Waals surface area (Å²) in [6, 6.07) is 0. The number of ether oxygens (including phenoxy) is 7. The van der Waals surface area contributed by atoms with E-state index in [2.05, 4.69) is 6.58 Å². The molecule has 4 fully saturated rings. The quantitative estimate of drug-likeness (QED) is 0.0668. The maximum Gasteiger partial charge on any atom is 0.311 e. The molecule has 3 aliphatic heterocycles. The zero-order valence-corrected chi connectivity index (χ0v) is 40.5. The molecule has 0 spiro atoms. The van der Waals surface area contributed by atoms with E-state index in [1.165, 1.54) is 6.92 Å². The lowest BCUT2D eigenvalue weighted by Gasteiger charge is -2.49. The van der Waals surface area contributed by atoms with Crippen LogP contribution in [0.4, 0.5) is 0 Å². The number of nitrogens with zero attached hydrogens (tertiary/aromatic N) is 1. The number of rotatable bonds is 12. The summed E-state index contributed by atoms with van der Waals surface area (Å²) in [6.45, 7) is 30.2. The number of carbonyl (C=O) groups is 1. The SMILES string of the molecule is C=CCO[C@@]1(C)C[C@@H](C)/C(=N\OC2(OC(C)C)CCCCC2)[C@H](C)[C@@H](O)[C@](C)(O)[C@@H](CC)OC(=O)[C@H](C)[C@@H](OC2CC(C)(C)[C@@H](O)[C@H](C)O2)[C@H](C)[C@H]1O[C@@H]1O[C@H](C)C[C@H](C)[C@H]1O. The van der Waals surface area contributed by atoms with E-state index in [-0.39, 0.29) is 37.6 Å². The molecule has 0 radical (unpaired) electrons. The minimum absolute atomic E-state index is 0.120. The van der Waals surface area contributed by atoms with Crippen molar-refractivity contribution in [2.75, 3.05) is 6.61 Å². The third-order valence-corrected chi connectivity index (χ3v) is 14.2. The summed E-state index contributed by atoms with van der Waals surface area (Å²) in [5, 5.41) is 52.0. The Morgan fingerprint density at radius 3 is 2.13 bits per heavy atom. The molecule has 0 aromatic rings. The van der Waals surface area contributed by atoms with Crippen molar-refractivity contribution in [3.8, 4) is 0 Å². The molecular formula is C48H85NO13. The molecule has 360 valence electrons. The number of cyclic esters (lactones) is 1. The van der Waals surface area contributed by atoms with Gasteiger partial charge in [0.15, 0.2) is 12.6 Å². The van der Waals surface area contributed by atoms with Crippen molar-refractivity contribution in [3.63, 3.8) is 0 Å². The molecule has 4 N–H and O–H groups in total. The van der Waals surface area contributed by atoms with Crippen LogP contribution in [0.3, 0.4) is 0 Å². The Balaban J connectivity index is 1.95. The second kappa shape index (κ2) is 21.7. The molecule has 1 unspecified atom stereocenters. The zero-order valence-electron chi connectivity index (χ0n) is 40.5. The van der Waals surface area contributed by atoms with Gasteiger partial charge in [-0.3, -0.25) is 4.79 Å². The maximum absolute atomic E-state index is 14.6. The van der Waals surface area contributed by atoms with E-state index in [1.807, 2.05) is 62.3 Å². The predicted octanol–water partition coefficient (Wildman–Crippen LogP) is 7.21. The van der Waals surface area contributed by atoms with Crippen molar-refractivity contribution < 1.29 is 63.2 Å². The summed E-state index contributed by atoms with van der Waals surface area (Å²) < 4.78 is 46.1. The monoisotopic (exact) mass is 884 g/mol. The highest BCUT2D eigenvalue weighted by Crippen LogP contribution is 2.44. The Morgan fingerprint density at radius 1 is 0.903 bits per heavy atom. The van der Waals surface area contributed by atoms with Crippen molar-refractivity contribution in [2.45, 2.75) is 239 Å². The Kier molecular flexibility index (Phi) is 18.5. The van der Waals surface area contributed by atoms with Crippen molar-refractivity contribution in [1.29, 1.82) is 0 Å². The van der Waals surface area contributed by atoms with Crippen LogP contribution in [0.15, 0.2) is 17.8 Å². The molecule has 1 saturated carbocycles. The largest absolute Gasteiger partial charge is 0.459 e. The highest BCUT2D eigenvalue weighted by atomic mass is 16.8. The van der Waals surface area contributed by atoms with Gasteiger partial charge in [0, 0.05) is 37.0 Å². The Morgan fingerprint density at radius 2 is 1.55 bits per heavy atom. The number of aliphatic hydroxyl groups excluding tert-OH is 3. The number of hydrogen-bond acceptors (Lipinski definition) is 14. The molecule has 14 nitrogen and oxygen atoms in total. The first-order valence-corrected chi connectivity index (χ1v) is 23.6. The first-order chi connectivity index (χ1) is 28.8. The third kappa shape index (κ3) is 12.4. The smallest absolute Gasteiger partial charge is 0.311 e. The van der Waals surface area contributed by atoms with E-state index in [9.17, 15) is 25.2 Å². The molecule has 0 aromatic heterocycles. The predicted molar refractivity (Wildman–Crippen MR) is 236 cm³/mol. The second-order valence-corrected chi connectivity index (χ2v) is 20.8. The fraction of sp³-hybridized carbons (Fsp3) is 0.917. The van der Waals surface area contributed by atoms with Crippen LogP contribution < -0.4 is 0 Å². The van der Waals surface area contributed by atoms with Gasteiger partial charge in [-0.2, -0.15) is 0 Å². The van der Waals surface area contributed by atoms with Crippen molar-refractivity contribution in [2.24, 2.45) is 40.2 Å². The maximum atomic E-state index is 14.6. The summed E-state index contributed by atoms with van der Waals surface area (Å²) in [4.78, 5) is 21.1. The summed E-state index contributed by atoms with van der Waals surface area (Å²) in [6.07, 6.45) is -1.77. The molecule has 3 heterocycles. The molecule has 1 aliphatic carbocycles. The van der Waals surface area contributed by atoms with Gasteiger partial charge in [0.05, 0.1) is 66.6 Å². The van der Waals surface area contributed by atoms with Crippen LogP contribution >= 0.6 is 0 Å². The molecule has 3 saturated heterocycles. The fourth-order valence-corrected chi connectivity index (χ4v) is 10.6. The van der Waals surface area contributed by atoms with Gasteiger partial charge in [-0.15, -0.1) is 6.58 Å². The summed E-state index contributed by atoms with van der Waals surface area (Å²) in [7, 11) is 0. The minimum Gasteiger partial charge on any atom is -0.459 e. The lowest BCUT2D eigenvalue weighted by molar-refractivity contribution is -0.315. The van der Waals surface area contributed by atoms with E-state index in [0.29, 0.717) is 31.4 Å². The van der Waals surface area contributed by atoms with Gasteiger partial charge in [0.1, 0.15) is 17.8 Å². The topological polar surface area (TPSA) is 184 Å². The summed E-state index contributed by atoms with van der Waals surface area (Å²) in [5.41, 5.74) is -3.28. The number of esters is 1. The molecule has 0 bridgehead atoms. The molecule has 4 aliphatic rings. The Hall–Kier alpha value is -1.72. The van der Waals surface area contributed by atoms with Crippen molar-refractivity contribution in [3.05, 3.63) is 12.7 Å². The molecule has 17 atom stereocenters. The first-order valence-electron chi connectivity index (χ1n) is 23.6. The lowest BCUT2D eigenvalue weighted by atomic mass is 9.73. The zero-order chi connectivity index (χ0) is 46.5. The normalized spacial score (nSPS) is 44.3. The van der Waals surface area contributed by atoms with E-state index < -0.39 is 107 Å². The van der Waals surface area contributed by atoms with Gasteiger partial charge in [-0.05, 0) is 91.9 Å². The lowest BCUT2D eigenvalue weighted by Crippen LogP contribution is -2.60. The number of oxime groups is 1. The Bertz CT molecular complexity index is 1470. The van der Waals surface area contributed by atoms with Gasteiger partial charge in [-0.1, -0.05) is 66.1 Å². The van der Waals surface area contributed by atoms with Gasteiger partial charge in [-0.25, -0.2) is 0 Å². The van der Waals surface area contributed by atoms with Crippen LogP contribution in [0.2, 0.25) is 0 Å². The van der Waals surface area contributed by atoms with Crippen LogP contribution in [0, 0.1) is 35.0 Å². The van der Waals surface area contributed by atoms with Gasteiger partial charge >= 0.3 is 5.97 Å². The van der Waals surface area contributed by atoms with E-state index in [0.717, 1.165) is 19.3 Å². The Labute approximate surface area is 372 Å². The second-order valence-electron chi connectivity index (χ2n) is 20.8.